The predicted octanol–water partition coefficient (Wildman–Crippen LogP) is 4.07. The van der Waals surface area contributed by atoms with E-state index in [1.807, 2.05) is 41.8 Å². The molecule has 0 amide bonds. The number of rotatable bonds is 3. The average Bonchev–Trinajstić information content (AvgIpc) is 3.01. The Morgan fingerprint density at radius 2 is 1.90 bits per heavy atom. The molecule has 0 unspecified atom stereocenters. The van der Waals surface area contributed by atoms with Gasteiger partial charge in [0.25, 0.3) is 0 Å². The third-order valence-corrected chi connectivity index (χ3v) is 3.90. The number of hydrogen-bond donors (Lipinski definition) is 1. The van der Waals surface area contributed by atoms with Crippen molar-refractivity contribution in [2.45, 2.75) is 0 Å². The van der Waals surface area contributed by atoms with Gasteiger partial charge in [-0.15, -0.1) is 11.3 Å². The standard InChI is InChI=1S/C16H14N2OS/c1-19-14-4-2-3-13(11-5-7-12(17)8-6-11)15(14)16-18-9-10-20-16/h2-10H,17H2,1H3. The molecule has 0 saturated heterocycles. The molecule has 3 rings (SSSR count). The van der Waals surface area contributed by atoms with Crippen molar-refractivity contribution >= 4 is 17.0 Å². The molecule has 0 aliphatic heterocycles. The van der Waals surface area contributed by atoms with Gasteiger partial charge in [-0.05, 0) is 29.3 Å². The van der Waals surface area contributed by atoms with Gasteiger partial charge in [-0.3, -0.25) is 0 Å². The average molecular weight is 282 g/mol. The summed E-state index contributed by atoms with van der Waals surface area (Å²) >= 11 is 1.60. The van der Waals surface area contributed by atoms with Crippen LogP contribution in [0.15, 0.2) is 54.0 Å². The number of hydrogen-bond acceptors (Lipinski definition) is 4. The van der Waals surface area contributed by atoms with Gasteiger partial charge in [0.05, 0.1) is 12.7 Å². The molecular formula is C16H14N2OS. The summed E-state index contributed by atoms with van der Waals surface area (Å²) in [5, 5.41) is 2.92. The smallest absolute Gasteiger partial charge is 0.129 e. The van der Waals surface area contributed by atoms with Crippen LogP contribution in [-0.2, 0) is 0 Å². The summed E-state index contributed by atoms with van der Waals surface area (Å²) in [4.78, 5) is 4.41. The molecule has 0 fully saturated rings. The van der Waals surface area contributed by atoms with Crippen LogP contribution in [0.1, 0.15) is 0 Å². The zero-order valence-corrected chi connectivity index (χ0v) is 11.9. The maximum absolute atomic E-state index is 5.76. The van der Waals surface area contributed by atoms with Crippen LogP contribution in [0.2, 0.25) is 0 Å². The van der Waals surface area contributed by atoms with E-state index in [4.69, 9.17) is 10.5 Å². The highest BCUT2D eigenvalue weighted by molar-refractivity contribution is 7.13. The van der Waals surface area contributed by atoms with Gasteiger partial charge in [0.15, 0.2) is 0 Å². The Bertz CT molecular complexity index is 706. The van der Waals surface area contributed by atoms with Gasteiger partial charge < -0.3 is 10.5 Å². The van der Waals surface area contributed by atoms with Crippen LogP contribution >= 0.6 is 11.3 Å². The Morgan fingerprint density at radius 3 is 2.55 bits per heavy atom. The highest BCUT2D eigenvalue weighted by Gasteiger charge is 2.14. The van der Waals surface area contributed by atoms with Gasteiger partial charge >= 0.3 is 0 Å². The number of thiazole rings is 1. The fourth-order valence-electron chi connectivity index (χ4n) is 2.17. The lowest BCUT2D eigenvalue weighted by Crippen LogP contribution is -1.91. The minimum absolute atomic E-state index is 0.757. The lowest BCUT2D eigenvalue weighted by atomic mass is 9.99. The number of methoxy groups -OCH3 is 1. The monoisotopic (exact) mass is 282 g/mol. The molecule has 0 radical (unpaired) electrons. The van der Waals surface area contributed by atoms with Gasteiger partial charge in [0.1, 0.15) is 10.8 Å². The Morgan fingerprint density at radius 1 is 1.10 bits per heavy atom. The van der Waals surface area contributed by atoms with E-state index in [2.05, 4.69) is 11.1 Å². The molecule has 0 aliphatic carbocycles. The molecule has 0 saturated carbocycles. The normalized spacial score (nSPS) is 10.4. The molecule has 100 valence electrons. The summed E-state index contributed by atoms with van der Waals surface area (Å²) in [5.74, 6) is 0.828. The summed E-state index contributed by atoms with van der Waals surface area (Å²) in [7, 11) is 1.68. The Labute approximate surface area is 121 Å². The topological polar surface area (TPSA) is 48.1 Å². The Hall–Kier alpha value is -2.33. The van der Waals surface area contributed by atoms with Crippen molar-refractivity contribution in [3.63, 3.8) is 0 Å². The van der Waals surface area contributed by atoms with Gasteiger partial charge in [0.2, 0.25) is 0 Å². The van der Waals surface area contributed by atoms with Crippen LogP contribution in [0.4, 0.5) is 5.69 Å². The molecule has 4 heteroatoms. The highest BCUT2D eigenvalue weighted by atomic mass is 32.1. The van der Waals surface area contributed by atoms with Crippen molar-refractivity contribution in [3.8, 4) is 27.4 Å². The lowest BCUT2D eigenvalue weighted by Gasteiger charge is -2.12. The molecule has 0 spiro atoms. The molecule has 3 nitrogen and oxygen atoms in total. The lowest BCUT2D eigenvalue weighted by molar-refractivity contribution is 0.416. The molecule has 0 bridgehead atoms. The maximum atomic E-state index is 5.76. The van der Waals surface area contributed by atoms with Crippen molar-refractivity contribution in [1.29, 1.82) is 0 Å². The first-order valence-electron chi connectivity index (χ1n) is 6.22. The second-order valence-corrected chi connectivity index (χ2v) is 5.24. The number of nitrogens with two attached hydrogens (primary N) is 1. The summed E-state index contributed by atoms with van der Waals surface area (Å²) in [6, 6.07) is 13.9. The van der Waals surface area contributed by atoms with E-state index < -0.39 is 0 Å². The number of nitrogen functional groups attached to an aromatic ring is 1. The van der Waals surface area contributed by atoms with E-state index in [1.165, 1.54) is 0 Å². The molecular weight excluding hydrogens is 268 g/mol. The van der Waals surface area contributed by atoms with Crippen LogP contribution in [0.25, 0.3) is 21.7 Å². The zero-order chi connectivity index (χ0) is 13.9. The van der Waals surface area contributed by atoms with Gasteiger partial charge in [0, 0.05) is 17.3 Å². The first-order chi connectivity index (χ1) is 9.79. The van der Waals surface area contributed by atoms with Crippen LogP contribution in [0.5, 0.6) is 5.75 Å². The number of ether oxygens (including phenoxy) is 1. The van der Waals surface area contributed by atoms with Gasteiger partial charge in [-0.2, -0.15) is 0 Å². The molecule has 1 heterocycles. The van der Waals surface area contributed by atoms with Crippen molar-refractivity contribution in [2.24, 2.45) is 0 Å². The summed E-state index contributed by atoms with van der Waals surface area (Å²) in [6.07, 6.45) is 1.80. The minimum Gasteiger partial charge on any atom is -0.496 e. The molecule has 1 aromatic heterocycles. The summed E-state index contributed by atoms with van der Waals surface area (Å²) in [6.45, 7) is 0. The molecule has 20 heavy (non-hydrogen) atoms. The summed E-state index contributed by atoms with van der Waals surface area (Å²) in [5.41, 5.74) is 9.74. The van der Waals surface area contributed by atoms with E-state index in [-0.39, 0.29) is 0 Å². The number of nitrogens with zero attached hydrogens (tertiary/aromatic N) is 1. The van der Waals surface area contributed by atoms with Crippen LogP contribution < -0.4 is 10.5 Å². The van der Waals surface area contributed by atoms with E-state index >= 15 is 0 Å². The third-order valence-electron chi connectivity index (χ3n) is 3.11. The van der Waals surface area contributed by atoms with Crippen LogP contribution in [0.3, 0.4) is 0 Å². The van der Waals surface area contributed by atoms with E-state index in [9.17, 15) is 0 Å². The first kappa shape index (κ1) is 12.7. The SMILES string of the molecule is COc1cccc(-c2ccc(N)cc2)c1-c1nccs1. The Balaban J connectivity index is 2.23. The van der Waals surface area contributed by atoms with Crippen molar-refractivity contribution in [3.05, 3.63) is 54.0 Å². The zero-order valence-electron chi connectivity index (χ0n) is 11.0. The third kappa shape index (κ3) is 2.26. The Kier molecular flexibility index (Phi) is 3.39. The van der Waals surface area contributed by atoms with E-state index in [0.29, 0.717) is 0 Å². The summed E-state index contributed by atoms with van der Waals surface area (Å²) < 4.78 is 5.50. The van der Waals surface area contributed by atoms with E-state index in [1.54, 1.807) is 24.6 Å². The minimum atomic E-state index is 0.757. The van der Waals surface area contributed by atoms with Crippen molar-refractivity contribution in [1.82, 2.24) is 4.98 Å². The largest absolute Gasteiger partial charge is 0.496 e. The molecule has 2 aromatic carbocycles. The fourth-order valence-corrected chi connectivity index (χ4v) is 2.87. The van der Waals surface area contributed by atoms with Crippen LogP contribution in [0, 0.1) is 0 Å². The quantitative estimate of drug-likeness (QED) is 0.737. The number of benzene rings is 2. The first-order valence-corrected chi connectivity index (χ1v) is 7.10. The van der Waals surface area contributed by atoms with Crippen molar-refractivity contribution in [2.75, 3.05) is 12.8 Å². The number of aromatic nitrogens is 1. The second kappa shape index (κ2) is 5.35. The molecule has 3 aromatic rings. The van der Waals surface area contributed by atoms with Gasteiger partial charge in [-0.1, -0.05) is 24.3 Å². The van der Waals surface area contributed by atoms with Gasteiger partial charge in [-0.25, -0.2) is 4.98 Å². The maximum Gasteiger partial charge on any atom is 0.129 e. The van der Waals surface area contributed by atoms with Crippen LogP contribution in [-0.4, -0.2) is 12.1 Å². The second-order valence-electron chi connectivity index (χ2n) is 4.34. The van der Waals surface area contributed by atoms with Crippen molar-refractivity contribution < 1.29 is 4.74 Å². The molecule has 0 atom stereocenters. The highest BCUT2D eigenvalue weighted by Crippen LogP contribution is 2.39. The molecule has 0 aliphatic rings. The predicted molar refractivity (Wildman–Crippen MR) is 84.0 cm³/mol. The van der Waals surface area contributed by atoms with E-state index in [0.717, 1.165) is 33.1 Å². The fraction of sp³-hybridized carbons (Fsp3) is 0.0625. The number of anilines is 1. The molecule has 2 N–H and O–H groups in total.